The van der Waals surface area contributed by atoms with E-state index in [2.05, 4.69) is 0 Å². The van der Waals surface area contributed by atoms with Crippen molar-refractivity contribution in [2.24, 2.45) is 0 Å². The number of hydrogen-bond donors (Lipinski definition) is 0. The SMILES string of the molecule is O=C(c1ccc(Cl)cc1)c1oc2ccccc2c1CS(=O)c1ccc(Cl)cc1Cl. The third-order valence-electron chi connectivity index (χ3n) is 4.43. The van der Waals surface area contributed by atoms with Gasteiger partial charge in [-0.3, -0.25) is 9.00 Å². The normalized spacial score (nSPS) is 12.2. The van der Waals surface area contributed by atoms with Crippen molar-refractivity contribution in [3.63, 3.8) is 0 Å². The van der Waals surface area contributed by atoms with Gasteiger partial charge in [-0.2, -0.15) is 0 Å². The van der Waals surface area contributed by atoms with Crippen molar-refractivity contribution in [2.45, 2.75) is 10.6 Å². The Morgan fingerprint density at radius 2 is 1.59 bits per heavy atom. The molecule has 0 spiro atoms. The molecule has 1 aromatic heterocycles. The molecule has 1 atom stereocenters. The standard InChI is InChI=1S/C22H13Cl3O3S/c23-14-7-5-13(6-8-14)21(26)22-17(16-3-1-2-4-19(16)28-22)12-29(27)20-10-9-15(24)11-18(20)25/h1-11H,12H2. The molecular formula is C22H13Cl3O3S. The Morgan fingerprint density at radius 3 is 2.31 bits per heavy atom. The van der Waals surface area contributed by atoms with E-state index in [1.165, 1.54) is 0 Å². The first-order valence-electron chi connectivity index (χ1n) is 8.58. The quantitative estimate of drug-likeness (QED) is 0.301. The van der Waals surface area contributed by atoms with Crippen LogP contribution in [0.3, 0.4) is 0 Å². The second-order valence-corrected chi connectivity index (χ2v) is 9.01. The Labute approximate surface area is 184 Å². The van der Waals surface area contributed by atoms with Gasteiger partial charge in [0.05, 0.1) is 26.5 Å². The van der Waals surface area contributed by atoms with Crippen molar-refractivity contribution in [3.8, 4) is 0 Å². The number of furan rings is 1. The van der Waals surface area contributed by atoms with E-state index < -0.39 is 10.8 Å². The van der Waals surface area contributed by atoms with Crippen LogP contribution in [-0.2, 0) is 16.6 Å². The molecule has 0 fully saturated rings. The Hall–Kier alpha value is -2.11. The summed E-state index contributed by atoms with van der Waals surface area (Å²) in [7, 11) is -1.50. The highest BCUT2D eigenvalue weighted by Crippen LogP contribution is 2.32. The van der Waals surface area contributed by atoms with Crippen molar-refractivity contribution < 1.29 is 13.4 Å². The van der Waals surface area contributed by atoms with Crippen LogP contribution in [-0.4, -0.2) is 9.99 Å². The van der Waals surface area contributed by atoms with Crippen LogP contribution >= 0.6 is 34.8 Å². The van der Waals surface area contributed by atoms with Crippen LogP contribution in [0.4, 0.5) is 0 Å². The van der Waals surface area contributed by atoms with E-state index in [4.69, 9.17) is 39.2 Å². The highest BCUT2D eigenvalue weighted by Gasteiger charge is 2.24. The fourth-order valence-corrected chi connectivity index (χ4v) is 5.02. The zero-order valence-electron chi connectivity index (χ0n) is 14.8. The van der Waals surface area contributed by atoms with Gasteiger partial charge in [0, 0.05) is 26.6 Å². The molecule has 0 saturated heterocycles. The molecule has 4 aromatic rings. The molecule has 146 valence electrons. The molecule has 0 aliphatic heterocycles. The molecule has 1 unspecified atom stereocenters. The summed E-state index contributed by atoms with van der Waals surface area (Å²) in [6, 6.07) is 18.6. The molecule has 29 heavy (non-hydrogen) atoms. The first-order valence-corrected chi connectivity index (χ1v) is 11.0. The van der Waals surface area contributed by atoms with E-state index in [0.717, 1.165) is 5.39 Å². The average molecular weight is 464 g/mol. The molecule has 0 aliphatic carbocycles. The Kier molecular flexibility index (Phi) is 5.79. The molecular weight excluding hydrogens is 451 g/mol. The first kappa shape index (κ1) is 20.2. The van der Waals surface area contributed by atoms with Crippen molar-refractivity contribution in [1.29, 1.82) is 0 Å². The number of benzene rings is 3. The van der Waals surface area contributed by atoms with E-state index in [9.17, 15) is 9.00 Å². The number of halogens is 3. The van der Waals surface area contributed by atoms with Gasteiger partial charge in [-0.15, -0.1) is 0 Å². The van der Waals surface area contributed by atoms with Gasteiger partial charge in [0.1, 0.15) is 5.58 Å². The third-order valence-corrected chi connectivity index (χ3v) is 6.73. The largest absolute Gasteiger partial charge is 0.452 e. The minimum atomic E-state index is -1.50. The molecule has 0 saturated carbocycles. The van der Waals surface area contributed by atoms with Gasteiger partial charge in [-0.1, -0.05) is 53.0 Å². The lowest BCUT2D eigenvalue weighted by atomic mass is 10.0. The third kappa shape index (κ3) is 4.12. The summed E-state index contributed by atoms with van der Waals surface area (Å²) in [6.07, 6.45) is 0. The molecule has 4 rings (SSSR count). The summed E-state index contributed by atoms with van der Waals surface area (Å²) in [4.78, 5) is 13.5. The van der Waals surface area contributed by atoms with Gasteiger partial charge in [-0.25, -0.2) is 0 Å². The minimum Gasteiger partial charge on any atom is -0.452 e. The zero-order valence-corrected chi connectivity index (χ0v) is 17.9. The van der Waals surface area contributed by atoms with Crippen molar-refractivity contribution in [2.75, 3.05) is 0 Å². The van der Waals surface area contributed by atoms with Crippen molar-refractivity contribution in [1.82, 2.24) is 0 Å². The van der Waals surface area contributed by atoms with E-state index in [-0.39, 0.29) is 17.3 Å². The van der Waals surface area contributed by atoms with E-state index in [1.807, 2.05) is 18.2 Å². The Morgan fingerprint density at radius 1 is 0.897 bits per heavy atom. The summed E-state index contributed by atoms with van der Waals surface area (Å²) in [5.41, 5.74) is 1.56. The Balaban J connectivity index is 1.78. The first-order chi connectivity index (χ1) is 13.9. The van der Waals surface area contributed by atoms with Crippen LogP contribution in [0.15, 0.2) is 76.0 Å². The Bertz CT molecular complexity index is 1250. The molecule has 0 bridgehead atoms. The fraction of sp³-hybridized carbons (Fsp3) is 0.0455. The predicted molar refractivity (Wildman–Crippen MR) is 118 cm³/mol. The summed E-state index contributed by atoms with van der Waals surface area (Å²) >= 11 is 18.1. The summed E-state index contributed by atoms with van der Waals surface area (Å²) < 4.78 is 18.9. The lowest BCUT2D eigenvalue weighted by Gasteiger charge is -2.06. The minimum absolute atomic E-state index is 0.0764. The summed E-state index contributed by atoms with van der Waals surface area (Å²) in [5.74, 6) is -0.0634. The molecule has 3 nitrogen and oxygen atoms in total. The van der Waals surface area contributed by atoms with Crippen molar-refractivity contribution >= 4 is 62.4 Å². The fourth-order valence-electron chi connectivity index (χ4n) is 3.03. The molecule has 0 aliphatic rings. The van der Waals surface area contributed by atoms with Gasteiger partial charge >= 0.3 is 0 Å². The zero-order chi connectivity index (χ0) is 20.5. The smallest absolute Gasteiger partial charge is 0.228 e. The average Bonchev–Trinajstić information content (AvgIpc) is 3.06. The van der Waals surface area contributed by atoms with Crippen LogP contribution in [0.25, 0.3) is 11.0 Å². The number of rotatable bonds is 5. The lowest BCUT2D eigenvalue weighted by molar-refractivity contribution is 0.101. The van der Waals surface area contributed by atoms with Crippen LogP contribution < -0.4 is 0 Å². The highest BCUT2D eigenvalue weighted by atomic mass is 35.5. The number of ketones is 1. The highest BCUT2D eigenvalue weighted by molar-refractivity contribution is 7.84. The number of fused-ring (bicyclic) bond motifs is 1. The van der Waals surface area contributed by atoms with Crippen LogP contribution in [0.2, 0.25) is 15.1 Å². The number of para-hydroxylation sites is 1. The van der Waals surface area contributed by atoms with Gasteiger partial charge in [-0.05, 0) is 48.5 Å². The molecule has 3 aromatic carbocycles. The van der Waals surface area contributed by atoms with Crippen molar-refractivity contribution in [3.05, 3.63) is 98.7 Å². The summed E-state index contributed by atoms with van der Waals surface area (Å²) in [5, 5.41) is 2.05. The molecule has 0 N–H and O–H groups in total. The van der Waals surface area contributed by atoms with Crippen LogP contribution in [0.1, 0.15) is 21.7 Å². The lowest BCUT2D eigenvalue weighted by Crippen LogP contribution is -2.06. The van der Waals surface area contributed by atoms with E-state index >= 15 is 0 Å². The maximum Gasteiger partial charge on any atom is 0.228 e. The number of carbonyl (C=O) groups is 1. The molecule has 0 amide bonds. The second-order valence-electron chi connectivity index (χ2n) is 6.31. The molecule has 7 heteroatoms. The van der Waals surface area contributed by atoms with Gasteiger partial charge in [0.25, 0.3) is 0 Å². The predicted octanol–water partition coefficient (Wildman–Crippen LogP) is 6.93. The maximum atomic E-state index is 13.1. The molecule has 0 radical (unpaired) electrons. The number of hydrogen-bond acceptors (Lipinski definition) is 3. The van der Waals surface area contributed by atoms with Crippen LogP contribution in [0.5, 0.6) is 0 Å². The van der Waals surface area contributed by atoms with Gasteiger partial charge in [0.15, 0.2) is 5.76 Å². The van der Waals surface area contributed by atoms with E-state index in [1.54, 1.807) is 48.5 Å². The van der Waals surface area contributed by atoms with Crippen LogP contribution in [0, 0.1) is 0 Å². The van der Waals surface area contributed by atoms with E-state index in [0.29, 0.717) is 36.7 Å². The second kappa shape index (κ2) is 8.33. The monoisotopic (exact) mass is 462 g/mol. The van der Waals surface area contributed by atoms with Gasteiger partial charge in [0.2, 0.25) is 5.78 Å². The summed E-state index contributed by atoms with van der Waals surface area (Å²) in [6.45, 7) is 0. The maximum absolute atomic E-state index is 13.1. The number of carbonyl (C=O) groups excluding carboxylic acids is 1. The molecule has 1 heterocycles. The topological polar surface area (TPSA) is 47.3 Å². The van der Waals surface area contributed by atoms with Gasteiger partial charge < -0.3 is 4.42 Å².